The van der Waals surface area contributed by atoms with Gasteiger partial charge in [-0.25, -0.2) is 0 Å². The molecule has 1 amide bonds. The second-order valence-corrected chi connectivity index (χ2v) is 7.69. The highest BCUT2D eigenvalue weighted by molar-refractivity contribution is 5.97. The molecule has 144 valence electrons. The normalized spacial score (nSPS) is 15.1. The van der Waals surface area contributed by atoms with Crippen LogP contribution in [0.15, 0.2) is 60.7 Å². The van der Waals surface area contributed by atoms with E-state index in [1.807, 2.05) is 44.2 Å². The number of nitrogens with zero attached hydrogens (tertiary/aromatic N) is 1. The average Bonchev–Trinajstić information content (AvgIpc) is 2.66. The Morgan fingerprint density at radius 3 is 2.61 bits per heavy atom. The Morgan fingerprint density at radius 1 is 1.11 bits per heavy atom. The van der Waals surface area contributed by atoms with Crippen molar-refractivity contribution in [2.45, 2.75) is 25.9 Å². The topological polar surface area (TPSA) is 44.4 Å². The largest absolute Gasteiger partial charge is 0.369 e. The van der Waals surface area contributed by atoms with Crippen LogP contribution < -0.4 is 15.5 Å². The first-order valence-electron chi connectivity index (χ1n) is 9.87. The van der Waals surface area contributed by atoms with Crippen molar-refractivity contribution in [1.29, 1.82) is 0 Å². The van der Waals surface area contributed by atoms with Crippen LogP contribution in [0.3, 0.4) is 0 Å². The van der Waals surface area contributed by atoms with Crippen LogP contribution in [0, 0.1) is 6.92 Å². The Bertz CT molecular complexity index is 1000. The molecule has 28 heavy (non-hydrogen) atoms. The summed E-state index contributed by atoms with van der Waals surface area (Å²) in [5, 5.41) is 8.87. The van der Waals surface area contributed by atoms with Crippen LogP contribution in [0.2, 0.25) is 0 Å². The molecular weight excluding hydrogens is 346 g/mol. The van der Waals surface area contributed by atoms with Crippen LogP contribution in [0.5, 0.6) is 0 Å². The van der Waals surface area contributed by atoms with Gasteiger partial charge in [0.05, 0.1) is 12.1 Å². The minimum atomic E-state index is -0.0739. The SMILES string of the molecule is Cc1ccc(N(C)C2CNC2)cc1C(=O)NC(C)c1cccc2ccccc12. The Hall–Kier alpha value is -2.85. The fourth-order valence-corrected chi connectivity index (χ4v) is 3.81. The van der Waals surface area contributed by atoms with Gasteiger partial charge < -0.3 is 15.5 Å². The van der Waals surface area contributed by atoms with E-state index < -0.39 is 0 Å². The molecule has 0 aromatic heterocycles. The summed E-state index contributed by atoms with van der Waals surface area (Å²) >= 11 is 0. The average molecular weight is 374 g/mol. The first-order chi connectivity index (χ1) is 13.5. The number of carbonyl (C=O) groups is 1. The summed E-state index contributed by atoms with van der Waals surface area (Å²) in [6.45, 7) is 6.02. The third-order valence-electron chi connectivity index (χ3n) is 5.82. The van der Waals surface area contributed by atoms with Gasteiger partial charge in [0.1, 0.15) is 0 Å². The first-order valence-corrected chi connectivity index (χ1v) is 9.87. The molecule has 1 saturated heterocycles. The number of anilines is 1. The number of hydrogen-bond acceptors (Lipinski definition) is 3. The standard InChI is InChI=1S/C24H27N3O/c1-16-11-12-19(27(3)20-14-25-15-20)13-23(16)24(28)26-17(2)21-10-6-8-18-7-4-5-9-22(18)21/h4-13,17,20,25H,14-15H2,1-3H3,(H,26,28). The monoisotopic (exact) mass is 373 g/mol. The minimum Gasteiger partial charge on any atom is -0.369 e. The van der Waals surface area contributed by atoms with Crippen molar-refractivity contribution < 1.29 is 4.79 Å². The molecule has 0 aliphatic carbocycles. The molecule has 4 nitrogen and oxygen atoms in total. The predicted octanol–water partition coefficient (Wildman–Crippen LogP) is 4.05. The fourth-order valence-electron chi connectivity index (χ4n) is 3.81. The molecule has 4 heteroatoms. The second-order valence-electron chi connectivity index (χ2n) is 7.69. The van der Waals surface area contributed by atoms with E-state index in [0.717, 1.165) is 35.5 Å². The van der Waals surface area contributed by atoms with Crippen LogP contribution in [0.4, 0.5) is 5.69 Å². The Morgan fingerprint density at radius 2 is 1.86 bits per heavy atom. The molecule has 3 aromatic rings. The highest BCUT2D eigenvalue weighted by Gasteiger charge is 2.23. The quantitative estimate of drug-likeness (QED) is 0.709. The van der Waals surface area contributed by atoms with Crippen molar-refractivity contribution in [1.82, 2.24) is 10.6 Å². The van der Waals surface area contributed by atoms with Crippen molar-refractivity contribution >= 4 is 22.4 Å². The summed E-state index contributed by atoms with van der Waals surface area (Å²) in [7, 11) is 2.09. The van der Waals surface area contributed by atoms with Crippen LogP contribution in [0.1, 0.15) is 34.5 Å². The van der Waals surface area contributed by atoms with Gasteiger partial charge in [-0.05, 0) is 47.9 Å². The number of rotatable bonds is 5. The highest BCUT2D eigenvalue weighted by atomic mass is 16.1. The Kier molecular flexibility index (Phi) is 5.05. The van der Waals surface area contributed by atoms with E-state index in [-0.39, 0.29) is 11.9 Å². The molecule has 2 N–H and O–H groups in total. The second kappa shape index (κ2) is 7.64. The molecule has 1 aliphatic heterocycles. The third-order valence-corrected chi connectivity index (χ3v) is 5.82. The first kappa shape index (κ1) is 18.5. The fraction of sp³-hybridized carbons (Fsp3) is 0.292. The van der Waals surface area contributed by atoms with Gasteiger partial charge in [0.25, 0.3) is 5.91 Å². The van der Waals surface area contributed by atoms with Gasteiger partial charge in [-0.2, -0.15) is 0 Å². The molecule has 0 bridgehead atoms. The van der Waals surface area contributed by atoms with Gasteiger partial charge in [-0.3, -0.25) is 4.79 Å². The number of hydrogen-bond donors (Lipinski definition) is 2. The lowest BCUT2D eigenvalue weighted by Crippen LogP contribution is -2.56. The van der Waals surface area contributed by atoms with Crippen molar-refractivity contribution in [3.8, 4) is 0 Å². The van der Waals surface area contributed by atoms with Crippen LogP contribution in [-0.4, -0.2) is 32.1 Å². The maximum atomic E-state index is 13.1. The number of fused-ring (bicyclic) bond motifs is 1. The van der Waals surface area contributed by atoms with E-state index in [1.165, 1.54) is 10.8 Å². The summed E-state index contributed by atoms with van der Waals surface area (Å²) in [6.07, 6.45) is 0. The van der Waals surface area contributed by atoms with Gasteiger partial charge in [-0.1, -0.05) is 48.5 Å². The number of nitrogens with one attached hydrogen (secondary N) is 2. The highest BCUT2D eigenvalue weighted by Crippen LogP contribution is 2.26. The molecule has 1 heterocycles. The molecular formula is C24H27N3O. The molecule has 1 unspecified atom stereocenters. The molecule has 1 aliphatic rings. The number of amides is 1. The molecule has 1 fully saturated rings. The molecule has 0 radical (unpaired) electrons. The van der Waals surface area contributed by atoms with Crippen LogP contribution in [0.25, 0.3) is 10.8 Å². The Balaban J connectivity index is 1.57. The van der Waals surface area contributed by atoms with E-state index in [9.17, 15) is 4.79 Å². The number of carbonyl (C=O) groups excluding carboxylic acids is 1. The summed E-state index contributed by atoms with van der Waals surface area (Å²) in [6, 6.07) is 21.1. The molecule has 0 spiro atoms. The van der Waals surface area contributed by atoms with Gasteiger partial charge in [0.15, 0.2) is 0 Å². The number of aryl methyl sites for hydroxylation is 1. The summed E-state index contributed by atoms with van der Waals surface area (Å²) in [4.78, 5) is 15.3. The zero-order valence-corrected chi connectivity index (χ0v) is 16.7. The van der Waals surface area contributed by atoms with Crippen LogP contribution >= 0.6 is 0 Å². The number of likely N-dealkylation sites (N-methyl/N-ethyl adjacent to an activating group) is 1. The van der Waals surface area contributed by atoms with E-state index >= 15 is 0 Å². The van der Waals surface area contributed by atoms with Gasteiger partial charge in [0.2, 0.25) is 0 Å². The van der Waals surface area contributed by atoms with Crippen molar-refractivity contribution in [2.75, 3.05) is 25.0 Å². The number of benzene rings is 3. The molecule has 4 rings (SSSR count). The zero-order chi connectivity index (χ0) is 19.7. The zero-order valence-electron chi connectivity index (χ0n) is 16.7. The molecule has 0 saturated carbocycles. The summed E-state index contributed by atoms with van der Waals surface area (Å²) in [5.41, 5.74) is 3.95. The smallest absolute Gasteiger partial charge is 0.252 e. The van der Waals surface area contributed by atoms with E-state index in [4.69, 9.17) is 0 Å². The van der Waals surface area contributed by atoms with E-state index in [0.29, 0.717) is 6.04 Å². The van der Waals surface area contributed by atoms with Gasteiger partial charge >= 0.3 is 0 Å². The molecule has 3 aromatic carbocycles. The predicted molar refractivity (Wildman–Crippen MR) is 116 cm³/mol. The lowest BCUT2D eigenvalue weighted by molar-refractivity contribution is 0.0939. The lowest BCUT2D eigenvalue weighted by Gasteiger charge is -2.37. The minimum absolute atomic E-state index is 0.0279. The summed E-state index contributed by atoms with van der Waals surface area (Å²) < 4.78 is 0. The van der Waals surface area contributed by atoms with Gasteiger partial charge in [0, 0.05) is 31.4 Å². The molecule has 1 atom stereocenters. The van der Waals surface area contributed by atoms with E-state index in [2.05, 4.69) is 52.9 Å². The maximum Gasteiger partial charge on any atom is 0.252 e. The Labute approximate surface area is 166 Å². The van der Waals surface area contributed by atoms with Gasteiger partial charge in [-0.15, -0.1) is 0 Å². The van der Waals surface area contributed by atoms with E-state index in [1.54, 1.807) is 0 Å². The third kappa shape index (κ3) is 3.48. The lowest BCUT2D eigenvalue weighted by atomic mass is 9.99. The van der Waals surface area contributed by atoms with Crippen molar-refractivity contribution in [2.24, 2.45) is 0 Å². The van der Waals surface area contributed by atoms with Crippen molar-refractivity contribution in [3.63, 3.8) is 0 Å². The van der Waals surface area contributed by atoms with Crippen molar-refractivity contribution in [3.05, 3.63) is 77.4 Å². The maximum absolute atomic E-state index is 13.1. The van der Waals surface area contributed by atoms with Crippen LogP contribution in [-0.2, 0) is 0 Å². The summed E-state index contributed by atoms with van der Waals surface area (Å²) in [5.74, 6) is -0.0279.